The molecule has 27 heavy (non-hydrogen) atoms. The van der Waals surface area contributed by atoms with Gasteiger partial charge in [-0.2, -0.15) is 0 Å². The third-order valence-electron chi connectivity index (χ3n) is 3.90. The van der Waals surface area contributed by atoms with Crippen LogP contribution in [0.4, 0.5) is 5.69 Å². The van der Waals surface area contributed by atoms with E-state index in [1.54, 1.807) is 32.4 Å². The molecule has 0 bridgehead atoms. The summed E-state index contributed by atoms with van der Waals surface area (Å²) in [5, 5.41) is 13.5. The predicted octanol–water partition coefficient (Wildman–Crippen LogP) is 3.37. The minimum atomic E-state index is -0.467. The topological polar surface area (TPSA) is 90.7 Å². The third kappa shape index (κ3) is 6.14. The van der Waals surface area contributed by atoms with Gasteiger partial charge in [-0.05, 0) is 42.2 Å². The summed E-state index contributed by atoms with van der Waals surface area (Å²) in [6.45, 7) is 0.520. The number of nitrogens with zero attached hydrogens (tertiary/aromatic N) is 1. The number of aryl methyl sites for hydroxylation is 1. The number of methoxy groups -OCH3 is 2. The van der Waals surface area contributed by atoms with E-state index in [9.17, 15) is 14.9 Å². The molecule has 0 spiro atoms. The second-order valence-corrected chi connectivity index (χ2v) is 5.77. The van der Waals surface area contributed by atoms with Gasteiger partial charge in [-0.25, -0.2) is 0 Å². The molecule has 0 radical (unpaired) electrons. The highest BCUT2D eigenvalue weighted by Gasteiger charge is 2.05. The number of carbonyl (C=O) groups excluding carboxylic acids is 1. The van der Waals surface area contributed by atoms with Gasteiger partial charge in [-0.15, -0.1) is 0 Å². The minimum Gasteiger partial charge on any atom is -0.493 e. The maximum atomic E-state index is 11.9. The molecule has 0 unspecified atom stereocenters. The number of ether oxygens (including phenoxy) is 2. The molecule has 2 aromatic carbocycles. The van der Waals surface area contributed by atoms with Crippen molar-refractivity contribution in [1.82, 2.24) is 5.32 Å². The fourth-order valence-corrected chi connectivity index (χ4v) is 2.51. The number of hydrogen-bond acceptors (Lipinski definition) is 5. The molecule has 7 heteroatoms. The van der Waals surface area contributed by atoms with Crippen LogP contribution in [0.25, 0.3) is 6.08 Å². The Morgan fingerprint density at radius 1 is 1.15 bits per heavy atom. The number of benzene rings is 2. The Balaban J connectivity index is 1.79. The van der Waals surface area contributed by atoms with Gasteiger partial charge >= 0.3 is 0 Å². The molecule has 0 atom stereocenters. The molecule has 0 aliphatic rings. The Morgan fingerprint density at radius 2 is 1.93 bits per heavy atom. The van der Waals surface area contributed by atoms with Crippen LogP contribution in [-0.4, -0.2) is 31.6 Å². The molecular formula is C20H22N2O5. The van der Waals surface area contributed by atoms with Gasteiger partial charge in [0.1, 0.15) is 0 Å². The molecule has 1 N–H and O–H groups in total. The maximum absolute atomic E-state index is 11.9. The Bertz CT molecular complexity index is 833. The molecule has 0 aliphatic carbocycles. The van der Waals surface area contributed by atoms with Gasteiger partial charge in [0.05, 0.1) is 19.1 Å². The molecule has 0 saturated heterocycles. The van der Waals surface area contributed by atoms with Crippen LogP contribution in [0.5, 0.6) is 11.5 Å². The highest BCUT2D eigenvalue weighted by molar-refractivity contribution is 5.91. The lowest BCUT2D eigenvalue weighted by Gasteiger charge is -2.09. The van der Waals surface area contributed by atoms with Gasteiger partial charge in [-0.1, -0.05) is 18.2 Å². The standard InChI is InChI=1S/C20H22N2O5/c1-26-18-10-8-16(14-19(18)27-2)6-4-12-21-20(23)11-9-15-5-3-7-17(13-15)22(24)25/h3,5,7-11,13-14H,4,6,12H2,1-2H3,(H,21,23)/b11-9+. The molecule has 7 nitrogen and oxygen atoms in total. The van der Waals surface area contributed by atoms with Crippen LogP contribution in [0.1, 0.15) is 17.5 Å². The van der Waals surface area contributed by atoms with E-state index >= 15 is 0 Å². The Kier molecular flexibility index (Phi) is 7.37. The van der Waals surface area contributed by atoms with E-state index in [1.165, 1.54) is 18.2 Å². The fraction of sp³-hybridized carbons (Fsp3) is 0.250. The second-order valence-electron chi connectivity index (χ2n) is 5.77. The maximum Gasteiger partial charge on any atom is 0.270 e. The van der Waals surface area contributed by atoms with Gasteiger partial charge in [0.15, 0.2) is 11.5 Å². The summed E-state index contributed by atoms with van der Waals surface area (Å²) in [6, 6.07) is 11.8. The number of nitrogens with one attached hydrogen (secondary N) is 1. The summed E-state index contributed by atoms with van der Waals surface area (Å²) in [4.78, 5) is 22.1. The first kappa shape index (κ1) is 20.0. The number of nitro benzene ring substituents is 1. The molecule has 0 aromatic heterocycles. The van der Waals surface area contributed by atoms with Crippen molar-refractivity contribution in [3.05, 3.63) is 69.8 Å². The number of non-ortho nitro benzene ring substituents is 1. The highest BCUT2D eigenvalue weighted by atomic mass is 16.6. The number of nitro groups is 1. The number of carbonyl (C=O) groups is 1. The Morgan fingerprint density at radius 3 is 2.63 bits per heavy atom. The molecule has 0 heterocycles. The van der Waals surface area contributed by atoms with Crippen molar-refractivity contribution < 1.29 is 19.2 Å². The molecular weight excluding hydrogens is 348 g/mol. The zero-order chi connectivity index (χ0) is 19.6. The molecule has 0 saturated carbocycles. The molecule has 142 valence electrons. The smallest absolute Gasteiger partial charge is 0.270 e. The molecule has 2 rings (SSSR count). The van der Waals surface area contributed by atoms with E-state index in [0.717, 1.165) is 18.4 Å². The summed E-state index contributed by atoms with van der Waals surface area (Å²) in [7, 11) is 3.18. The van der Waals surface area contributed by atoms with Crippen LogP contribution < -0.4 is 14.8 Å². The lowest BCUT2D eigenvalue weighted by atomic mass is 10.1. The molecule has 0 aliphatic heterocycles. The molecule has 0 fully saturated rings. The van der Waals surface area contributed by atoms with E-state index in [2.05, 4.69) is 5.32 Å². The van der Waals surface area contributed by atoms with Gasteiger partial charge in [-0.3, -0.25) is 14.9 Å². The zero-order valence-corrected chi connectivity index (χ0v) is 15.3. The van der Waals surface area contributed by atoms with E-state index in [1.807, 2.05) is 18.2 Å². The van der Waals surface area contributed by atoms with Crippen molar-refractivity contribution in [2.75, 3.05) is 20.8 Å². The average Bonchev–Trinajstić information content (AvgIpc) is 2.69. The number of hydrogen-bond donors (Lipinski definition) is 1. The van der Waals surface area contributed by atoms with Crippen molar-refractivity contribution >= 4 is 17.7 Å². The van der Waals surface area contributed by atoms with Gasteiger partial charge in [0.25, 0.3) is 5.69 Å². The quantitative estimate of drug-likeness (QED) is 0.316. The van der Waals surface area contributed by atoms with Gasteiger partial charge in [0.2, 0.25) is 5.91 Å². The number of rotatable bonds is 9. The van der Waals surface area contributed by atoms with Crippen molar-refractivity contribution in [2.24, 2.45) is 0 Å². The van der Waals surface area contributed by atoms with Crippen LogP contribution in [-0.2, 0) is 11.2 Å². The van der Waals surface area contributed by atoms with Gasteiger partial charge in [0, 0.05) is 24.8 Å². The van der Waals surface area contributed by atoms with Crippen LogP contribution in [0.3, 0.4) is 0 Å². The zero-order valence-electron chi connectivity index (χ0n) is 15.3. The monoisotopic (exact) mass is 370 g/mol. The average molecular weight is 370 g/mol. The second kappa shape index (κ2) is 9.96. The largest absolute Gasteiger partial charge is 0.493 e. The van der Waals surface area contributed by atoms with E-state index < -0.39 is 4.92 Å². The van der Waals surface area contributed by atoms with E-state index in [0.29, 0.717) is 23.6 Å². The van der Waals surface area contributed by atoms with Crippen LogP contribution in [0.2, 0.25) is 0 Å². The minimum absolute atomic E-state index is 0.00696. The van der Waals surface area contributed by atoms with E-state index in [4.69, 9.17) is 9.47 Å². The summed E-state index contributed by atoms with van der Waals surface area (Å²) in [6.07, 6.45) is 4.48. The fourth-order valence-electron chi connectivity index (χ4n) is 2.51. The van der Waals surface area contributed by atoms with Crippen molar-refractivity contribution in [3.63, 3.8) is 0 Å². The lowest BCUT2D eigenvalue weighted by Crippen LogP contribution is -2.22. The van der Waals surface area contributed by atoms with E-state index in [-0.39, 0.29) is 11.6 Å². The van der Waals surface area contributed by atoms with Crippen molar-refractivity contribution in [2.45, 2.75) is 12.8 Å². The number of amides is 1. The first-order valence-electron chi connectivity index (χ1n) is 8.44. The molecule has 2 aromatic rings. The summed E-state index contributed by atoms with van der Waals surface area (Å²) in [5.74, 6) is 1.12. The normalized spacial score (nSPS) is 10.6. The van der Waals surface area contributed by atoms with Crippen LogP contribution in [0, 0.1) is 10.1 Å². The van der Waals surface area contributed by atoms with Crippen molar-refractivity contribution in [3.8, 4) is 11.5 Å². The van der Waals surface area contributed by atoms with Crippen LogP contribution in [0.15, 0.2) is 48.5 Å². The highest BCUT2D eigenvalue weighted by Crippen LogP contribution is 2.27. The predicted molar refractivity (Wildman–Crippen MR) is 103 cm³/mol. The first-order chi connectivity index (χ1) is 13.0. The SMILES string of the molecule is COc1ccc(CCCNC(=O)/C=C/c2cccc([N+](=O)[O-])c2)cc1OC. The Hall–Kier alpha value is -3.35. The summed E-state index contributed by atoms with van der Waals surface area (Å²) < 4.78 is 10.5. The van der Waals surface area contributed by atoms with Crippen LogP contribution >= 0.6 is 0 Å². The lowest BCUT2D eigenvalue weighted by molar-refractivity contribution is -0.384. The molecule has 1 amide bonds. The van der Waals surface area contributed by atoms with Crippen molar-refractivity contribution in [1.29, 1.82) is 0 Å². The van der Waals surface area contributed by atoms with Gasteiger partial charge < -0.3 is 14.8 Å². The summed E-state index contributed by atoms with van der Waals surface area (Å²) in [5.41, 5.74) is 1.69. The Labute approximate surface area is 157 Å². The third-order valence-corrected chi connectivity index (χ3v) is 3.90. The first-order valence-corrected chi connectivity index (χ1v) is 8.44. The summed E-state index contributed by atoms with van der Waals surface area (Å²) >= 11 is 0.